The third-order valence-corrected chi connectivity index (χ3v) is 7.18. The fourth-order valence-electron chi connectivity index (χ4n) is 5.06. The standard InChI is InChI=1S/C29H32FN7O3/c1-19-27(24-13-14-26(38)35(2)33-24)34-37(22-7-5-4-6-8-22)28(19)32-29(39)31-25-18-36(15-16-40-3)17-23(25)20-9-11-21(30)12-10-20/h4-14,23,25H,15-18H2,1-3H3,(H2,31,32,39). The molecular formula is C29H32FN7O3. The molecule has 1 saturated heterocycles. The number of halogens is 1. The van der Waals surface area contributed by atoms with Gasteiger partial charge in [-0.25, -0.2) is 18.5 Å². The van der Waals surface area contributed by atoms with Crippen molar-refractivity contribution >= 4 is 11.8 Å². The van der Waals surface area contributed by atoms with Crippen LogP contribution >= 0.6 is 0 Å². The summed E-state index contributed by atoms with van der Waals surface area (Å²) in [6, 6.07) is 18.4. The minimum Gasteiger partial charge on any atom is -0.383 e. The van der Waals surface area contributed by atoms with Crippen LogP contribution in [-0.4, -0.2) is 69.9 Å². The van der Waals surface area contributed by atoms with Crippen molar-refractivity contribution in [3.05, 3.63) is 94.0 Å². The van der Waals surface area contributed by atoms with Gasteiger partial charge < -0.3 is 10.1 Å². The van der Waals surface area contributed by atoms with Crippen LogP contribution < -0.4 is 16.2 Å². The number of hydrogen-bond acceptors (Lipinski definition) is 6. The molecule has 3 heterocycles. The lowest BCUT2D eigenvalue weighted by atomic mass is 9.94. The Labute approximate surface area is 231 Å². The molecule has 2 aromatic carbocycles. The Morgan fingerprint density at radius 3 is 2.50 bits per heavy atom. The van der Waals surface area contributed by atoms with Crippen molar-refractivity contribution in [1.82, 2.24) is 29.8 Å². The summed E-state index contributed by atoms with van der Waals surface area (Å²) in [6.45, 7) is 4.50. The van der Waals surface area contributed by atoms with E-state index in [0.717, 1.165) is 17.8 Å². The van der Waals surface area contributed by atoms with Crippen molar-refractivity contribution in [3.63, 3.8) is 0 Å². The number of anilines is 1. The van der Waals surface area contributed by atoms with E-state index >= 15 is 0 Å². The number of benzene rings is 2. The lowest BCUT2D eigenvalue weighted by Crippen LogP contribution is -2.42. The number of nitrogens with zero attached hydrogens (tertiary/aromatic N) is 5. The van der Waals surface area contributed by atoms with Gasteiger partial charge in [-0.1, -0.05) is 30.3 Å². The summed E-state index contributed by atoms with van der Waals surface area (Å²) in [6.07, 6.45) is 0. The molecule has 2 unspecified atom stereocenters. The molecule has 1 aliphatic rings. The van der Waals surface area contributed by atoms with Gasteiger partial charge in [0.2, 0.25) is 0 Å². The van der Waals surface area contributed by atoms with E-state index in [0.29, 0.717) is 42.5 Å². The third kappa shape index (κ3) is 5.80. The van der Waals surface area contributed by atoms with E-state index in [1.807, 2.05) is 37.3 Å². The number of carbonyl (C=O) groups excluding carboxylic acids is 1. The number of urea groups is 1. The molecule has 2 amide bonds. The quantitative estimate of drug-likeness (QED) is 0.352. The smallest absolute Gasteiger partial charge is 0.320 e. The summed E-state index contributed by atoms with van der Waals surface area (Å²) in [4.78, 5) is 27.6. The summed E-state index contributed by atoms with van der Waals surface area (Å²) in [5.74, 6) is 0.171. The molecule has 2 N–H and O–H groups in total. The first-order valence-electron chi connectivity index (χ1n) is 13.1. The van der Waals surface area contributed by atoms with Gasteiger partial charge in [0, 0.05) is 51.3 Å². The van der Waals surface area contributed by atoms with Crippen molar-refractivity contribution in [2.24, 2.45) is 7.05 Å². The molecule has 1 fully saturated rings. The lowest BCUT2D eigenvalue weighted by Gasteiger charge is -2.21. The van der Waals surface area contributed by atoms with E-state index in [1.54, 1.807) is 37.0 Å². The van der Waals surface area contributed by atoms with Crippen LogP contribution in [0.15, 0.2) is 71.5 Å². The summed E-state index contributed by atoms with van der Waals surface area (Å²) >= 11 is 0. The average Bonchev–Trinajstić information content (AvgIpc) is 3.50. The van der Waals surface area contributed by atoms with E-state index in [2.05, 4.69) is 20.6 Å². The number of rotatable bonds is 8. The molecule has 1 aliphatic heterocycles. The van der Waals surface area contributed by atoms with Gasteiger partial charge in [-0.2, -0.15) is 10.2 Å². The minimum atomic E-state index is -0.383. The van der Waals surface area contributed by atoms with E-state index in [1.165, 1.54) is 22.9 Å². The zero-order chi connectivity index (χ0) is 28.2. The van der Waals surface area contributed by atoms with Gasteiger partial charge in [0.05, 0.1) is 18.3 Å². The number of nitrogens with one attached hydrogen (secondary N) is 2. The van der Waals surface area contributed by atoms with Crippen molar-refractivity contribution in [2.75, 3.05) is 38.7 Å². The average molecular weight is 546 g/mol. The van der Waals surface area contributed by atoms with Crippen LogP contribution in [-0.2, 0) is 11.8 Å². The van der Waals surface area contributed by atoms with Crippen LogP contribution in [0.5, 0.6) is 0 Å². The SMILES string of the molecule is COCCN1CC(NC(=O)Nc2c(C)c(-c3ccc(=O)n(C)n3)nn2-c2ccccc2)C(c2ccc(F)cc2)C1. The van der Waals surface area contributed by atoms with Gasteiger partial charge in [-0.15, -0.1) is 0 Å². The van der Waals surface area contributed by atoms with Gasteiger partial charge in [0.25, 0.3) is 5.56 Å². The number of para-hydroxylation sites is 1. The number of aromatic nitrogens is 4. The minimum absolute atomic E-state index is 0.0197. The summed E-state index contributed by atoms with van der Waals surface area (Å²) in [7, 11) is 3.24. The maximum atomic E-state index is 13.6. The Morgan fingerprint density at radius 2 is 1.80 bits per heavy atom. The number of methoxy groups -OCH3 is 1. The van der Waals surface area contributed by atoms with E-state index in [-0.39, 0.29) is 29.4 Å². The molecule has 5 rings (SSSR count). The predicted octanol–water partition coefficient (Wildman–Crippen LogP) is 3.32. The Bertz CT molecular complexity index is 1540. The number of likely N-dealkylation sites (tertiary alicyclic amines) is 1. The van der Waals surface area contributed by atoms with Crippen LogP contribution in [0.25, 0.3) is 17.1 Å². The summed E-state index contributed by atoms with van der Waals surface area (Å²) < 4.78 is 21.8. The monoisotopic (exact) mass is 545 g/mol. The first-order chi connectivity index (χ1) is 19.3. The molecule has 0 aliphatic carbocycles. The molecule has 4 aromatic rings. The maximum absolute atomic E-state index is 13.6. The summed E-state index contributed by atoms with van der Waals surface area (Å²) in [5, 5.41) is 15.3. The Morgan fingerprint density at radius 1 is 1.05 bits per heavy atom. The van der Waals surface area contributed by atoms with Gasteiger partial charge in [-0.3, -0.25) is 15.0 Å². The largest absolute Gasteiger partial charge is 0.383 e. The van der Waals surface area contributed by atoms with Crippen LogP contribution in [0, 0.1) is 12.7 Å². The Hall–Kier alpha value is -4.35. The van der Waals surface area contributed by atoms with E-state index in [9.17, 15) is 14.0 Å². The molecule has 208 valence electrons. The molecular weight excluding hydrogens is 513 g/mol. The van der Waals surface area contributed by atoms with Crippen LogP contribution in [0.4, 0.5) is 15.0 Å². The molecule has 11 heteroatoms. The highest BCUT2D eigenvalue weighted by atomic mass is 19.1. The number of carbonyl (C=O) groups is 1. The fourth-order valence-corrected chi connectivity index (χ4v) is 5.06. The number of amides is 2. The van der Waals surface area contributed by atoms with Gasteiger partial charge in [0.1, 0.15) is 23.0 Å². The van der Waals surface area contributed by atoms with Gasteiger partial charge in [0.15, 0.2) is 0 Å². The van der Waals surface area contributed by atoms with E-state index in [4.69, 9.17) is 9.84 Å². The highest BCUT2D eigenvalue weighted by molar-refractivity contribution is 5.91. The molecule has 40 heavy (non-hydrogen) atoms. The van der Waals surface area contributed by atoms with E-state index < -0.39 is 0 Å². The highest BCUT2D eigenvalue weighted by Crippen LogP contribution is 2.30. The zero-order valence-electron chi connectivity index (χ0n) is 22.7. The Balaban J connectivity index is 1.43. The van der Waals surface area contributed by atoms with Crippen molar-refractivity contribution in [1.29, 1.82) is 0 Å². The van der Waals surface area contributed by atoms with Crippen molar-refractivity contribution < 1.29 is 13.9 Å². The second-order valence-electron chi connectivity index (χ2n) is 9.87. The number of hydrogen-bond donors (Lipinski definition) is 2. The zero-order valence-corrected chi connectivity index (χ0v) is 22.7. The molecule has 0 radical (unpaired) electrons. The van der Waals surface area contributed by atoms with Crippen LogP contribution in [0.2, 0.25) is 0 Å². The van der Waals surface area contributed by atoms with Crippen LogP contribution in [0.1, 0.15) is 17.0 Å². The van der Waals surface area contributed by atoms with Crippen LogP contribution in [0.3, 0.4) is 0 Å². The predicted molar refractivity (Wildman–Crippen MR) is 150 cm³/mol. The highest BCUT2D eigenvalue weighted by Gasteiger charge is 2.35. The lowest BCUT2D eigenvalue weighted by molar-refractivity contribution is 0.159. The summed E-state index contributed by atoms with van der Waals surface area (Å²) in [5.41, 5.74) is 3.25. The second kappa shape index (κ2) is 11.8. The molecule has 0 saturated carbocycles. The van der Waals surface area contributed by atoms with Crippen molar-refractivity contribution in [2.45, 2.75) is 18.9 Å². The molecule has 2 aromatic heterocycles. The normalized spacial score (nSPS) is 17.2. The number of aryl methyl sites for hydroxylation is 1. The molecule has 10 nitrogen and oxygen atoms in total. The topological polar surface area (TPSA) is 106 Å². The molecule has 0 bridgehead atoms. The molecule has 0 spiro atoms. The van der Waals surface area contributed by atoms with Crippen molar-refractivity contribution in [3.8, 4) is 17.1 Å². The van der Waals surface area contributed by atoms with Gasteiger partial charge in [-0.05, 0) is 42.8 Å². The maximum Gasteiger partial charge on any atom is 0.320 e. The Kier molecular flexibility index (Phi) is 8.04. The number of ether oxygens (including phenoxy) is 1. The first-order valence-corrected chi connectivity index (χ1v) is 13.1. The second-order valence-corrected chi connectivity index (χ2v) is 9.87. The fraction of sp³-hybridized carbons (Fsp3) is 0.310. The van der Waals surface area contributed by atoms with Gasteiger partial charge >= 0.3 is 6.03 Å². The first kappa shape index (κ1) is 27.2. The third-order valence-electron chi connectivity index (χ3n) is 7.18. The molecule has 2 atom stereocenters.